The third kappa shape index (κ3) is 5.05. The Balaban J connectivity index is 2.38. The van der Waals surface area contributed by atoms with Crippen LogP contribution in [0.15, 0.2) is 30.3 Å². The molecule has 0 aliphatic heterocycles. The van der Waals surface area contributed by atoms with Gasteiger partial charge in [-0.1, -0.05) is 18.2 Å². The van der Waals surface area contributed by atoms with E-state index in [1.807, 2.05) is 0 Å². The second kappa shape index (κ2) is 4.82. The minimum absolute atomic E-state index is 0.254. The highest BCUT2D eigenvalue weighted by molar-refractivity contribution is 5.72. The number of rotatable bonds is 3. The van der Waals surface area contributed by atoms with Gasteiger partial charge in [0.25, 0.3) is 0 Å². The number of esters is 1. The van der Waals surface area contributed by atoms with Gasteiger partial charge in [0.15, 0.2) is 0 Å². The zero-order valence-electron chi connectivity index (χ0n) is 7.75. The molecule has 0 radical (unpaired) electrons. The quantitative estimate of drug-likeness (QED) is 0.576. The first kappa shape index (κ1) is 11.6. The van der Waals surface area contributed by atoms with Crippen LogP contribution in [0, 0.1) is 0 Å². The Kier molecular flexibility index (Phi) is 3.71. The van der Waals surface area contributed by atoms with Crippen LogP contribution in [-0.4, -0.2) is 12.1 Å². The van der Waals surface area contributed by atoms with Crippen LogP contribution >= 0.6 is 0 Å². The minimum atomic E-state index is -4.32. The number of carbonyl (C=O) groups excluding carboxylic acids is 1. The molecule has 1 rings (SSSR count). The Hall–Kier alpha value is -1.52. The van der Waals surface area contributed by atoms with E-state index in [1.54, 1.807) is 18.2 Å². The van der Waals surface area contributed by atoms with Crippen molar-refractivity contribution in [3.63, 3.8) is 0 Å². The van der Waals surface area contributed by atoms with Crippen molar-refractivity contribution in [2.24, 2.45) is 0 Å². The zero-order valence-corrected chi connectivity index (χ0v) is 7.75. The molecular formula is C10H9F3O2. The highest BCUT2D eigenvalue weighted by Crippen LogP contribution is 2.21. The smallest absolute Gasteiger partial charge is 0.389 e. The van der Waals surface area contributed by atoms with E-state index < -0.39 is 25.0 Å². The van der Waals surface area contributed by atoms with E-state index in [1.165, 1.54) is 12.1 Å². The summed E-state index contributed by atoms with van der Waals surface area (Å²) in [6, 6.07) is 7.99. The summed E-state index contributed by atoms with van der Waals surface area (Å²) in [5.41, 5.74) is 0. The van der Waals surface area contributed by atoms with Crippen LogP contribution < -0.4 is 4.74 Å². The number of alkyl halides is 3. The molecule has 1 aromatic carbocycles. The summed E-state index contributed by atoms with van der Waals surface area (Å²) in [5, 5.41) is 0. The van der Waals surface area contributed by atoms with Crippen LogP contribution in [-0.2, 0) is 4.79 Å². The molecule has 0 saturated heterocycles. The third-order valence-electron chi connectivity index (χ3n) is 1.59. The van der Waals surface area contributed by atoms with E-state index in [0.29, 0.717) is 0 Å². The van der Waals surface area contributed by atoms with Crippen LogP contribution in [0.3, 0.4) is 0 Å². The SMILES string of the molecule is O=C(CCC(F)(F)F)Oc1ccccc1. The van der Waals surface area contributed by atoms with Crippen molar-refractivity contribution in [1.29, 1.82) is 0 Å². The van der Waals surface area contributed by atoms with Crippen LogP contribution in [0.5, 0.6) is 5.75 Å². The van der Waals surface area contributed by atoms with Gasteiger partial charge < -0.3 is 4.74 Å². The molecule has 0 amide bonds. The molecule has 2 nitrogen and oxygen atoms in total. The lowest BCUT2D eigenvalue weighted by atomic mass is 10.3. The number of para-hydroxylation sites is 1. The summed E-state index contributed by atoms with van der Waals surface area (Å²) in [4.78, 5) is 10.9. The maximum atomic E-state index is 11.7. The lowest BCUT2D eigenvalue weighted by Gasteiger charge is -2.06. The van der Waals surface area contributed by atoms with E-state index >= 15 is 0 Å². The van der Waals surface area contributed by atoms with Gasteiger partial charge >= 0.3 is 12.1 Å². The van der Waals surface area contributed by atoms with Crippen molar-refractivity contribution in [2.45, 2.75) is 19.0 Å². The van der Waals surface area contributed by atoms with Crippen LogP contribution in [0.25, 0.3) is 0 Å². The molecule has 0 saturated carbocycles. The summed E-state index contributed by atoms with van der Waals surface area (Å²) < 4.78 is 39.9. The van der Waals surface area contributed by atoms with Gasteiger partial charge in [0.2, 0.25) is 0 Å². The lowest BCUT2D eigenvalue weighted by molar-refractivity contribution is -0.151. The van der Waals surface area contributed by atoms with E-state index in [0.717, 1.165) is 0 Å². The summed E-state index contributed by atoms with van der Waals surface area (Å²) in [5.74, 6) is -0.622. The second-order valence-corrected chi connectivity index (χ2v) is 2.90. The summed E-state index contributed by atoms with van der Waals surface area (Å²) in [7, 11) is 0. The molecule has 0 unspecified atom stereocenters. The summed E-state index contributed by atoms with van der Waals surface area (Å²) in [6.07, 6.45) is -6.13. The van der Waals surface area contributed by atoms with E-state index in [4.69, 9.17) is 0 Å². The van der Waals surface area contributed by atoms with Crippen molar-refractivity contribution >= 4 is 5.97 Å². The Labute approximate surface area is 84.7 Å². The predicted octanol–water partition coefficient (Wildman–Crippen LogP) is 2.93. The average Bonchev–Trinajstić information content (AvgIpc) is 2.15. The van der Waals surface area contributed by atoms with Gasteiger partial charge in [-0.05, 0) is 12.1 Å². The van der Waals surface area contributed by atoms with Gasteiger partial charge in [0, 0.05) is 0 Å². The molecule has 0 heterocycles. The fourth-order valence-electron chi connectivity index (χ4n) is 0.915. The van der Waals surface area contributed by atoms with Gasteiger partial charge in [-0.3, -0.25) is 4.79 Å². The van der Waals surface area contributed by atoms with E-state index in [-0.39, 0.29) is 5.75 Å². The Morgan fingerprint density at radius 1 is 1.20 bits per heavy atom. The molecular weight excluding hydrogens is 209 g/mol. The topological polar surface area (TPSA) is 26.3 Å². The van der Waals surface area contributed by atoms with Gasteiger partial charge in [-0.2, -0.15) is 13.2 Å². The van der Waals surface area contributed by atoms with Gasteiger partial charge in [0.1, 0.15) is 5.75 Å². The number of hydrogen-bond donors (Lipinski definition) is 0. The summed E-state index contributed by atoms with van der Waals surface area (Å²) >= 11 is 0. The van der Waals surface area contributed by atoms with Crippen molar-refractivity contribution in [3.05, 3.63) is 30.3 Å². The first-order valence-electron chi connectivity index (χ1n) is 4.30. The molecule has 0 N–H and O–H groups in total. The van der Waals surface area contributed by atoms with Crippen LogP contribution in [0.2, 0.25) is 0 Å². The van der Waals surface area contributed by atoms with Gasteiger partial charge in [0.05, 0.1) is 12.8 Å². The molecule has 5 heteroatoms. The fourth-order valence-corrected chi connectivity index (χ4v) is 0.915. The molecule has 0 fully saturated rings. The molecule has 0 spiro atoms. The number of carbonyl (C=O) groups is 1. The van der Waals surface area contributed by atoms with Crippen molar-refractivity contribution < 1.29 is 22.7 Å². The van der Waals surface area contributed by atoms with Crippen molar-refractivity contribution in [1.82, 2.24) is 0 Å². The predicted molar refractivity (Wildman–Crippen MR) is 47.4 cm³/mol. The first-order valence-corrected chi connectivity index (χ1v) is 4.30. The Bertz CT molecular complexity index is 319. The Morgan fingerprint density at radius 3 is 2.33 bits per heavy atom. The number of benzene rings is 1. The number of halogens is 3. The first-order chi connectivity index (χ1) is 6.97. The largest absolute Gasteiger partial charge is 0.427 e. The Morgan fingerprint density at radius 2 is 1.80 bits per heavy atom. The van der Waals surface area contributed by atoms with E-state index in [9.17, 15) is 18.0 Å². The van der Waals surface area contributed by atoms with Crippen LogP contribution in [0.4, 0.5) is 13.2 Å². The molecule has 15 heavy (non-hydrogen) atoms. The standard InChI is InChI=1S/C10H9F3O2/c11-10(12,13)7-6-9(14)15-8-4-2-1-3-5-8/h1-5H,6-7H2. The second-order valence-electron chi connectivity index (χ2n) is 2.90. The van der Waals surface area contributed by atoms with Gasteiger partial charge in [-0.15, -0.1) is 0 Å². The third-order valence-corrected chi connectivity index (χ3v) is 1.59. The highest BCUT2D eigenvalue weighted by Gasteiger charge is 2.28. The monoisotopic (exact) mass is 218 g/mol. The highest BCUT2D eigenvalue weighted by atomic mass is 19.4. The fraction of sp³-hybridized carbons (Fsp3) is 0.300. The average molecular weight is 218 g/mol. The zero-order chi connectivity index (χ0) is 11.3. The molecule has 1 aromatic rings. The minimum Gasteiger partial charge on any atom is -0.427 e. The number of hydrogen-bond acceptors (Lipinski definition) is 2. The van der Waals surface area contributed by atoms with E-state index in [2.05, 4.69) is 4.74 Å². The van der Waals surface area contributed by atoms with Crippen LogP contribution in [0.1, 0.15) is 12.8 Å². The molecule has 0 bridgehead atoms. The normalized spacial score (nSPS) is 11.1. The maximum Gasteiger partial charge on any atom is 0.389 e. The molecule has 0 aliphatic carbocycles. The van der Waals surface area contributed by atoms with Crippen molar-refractivity contribution in [3.8, 4) is 5.75 Å². The van der Waals surface area contributed by atoms with Crippen molar-refractivity contribution in [2.75, 3.05) is 0 Å². The van der Waals surface area contributed by atoms with Gasteiger partial charge in [-0.25, -0.2) is 0 Å². The maximum absolute atomic E-state index is 11.7. The molecule has 0 atom stereocenters. The molecule has 82 valence electrons. The lowest BCUT2D eigenvalue weighted by Crippen LogP contribution is -2.14. The number of ether oxygens (including phenoxy) is 1. The molecule has 0 aromatic heterocycles. The summed E-state index contributed by atoms with van der Waals surface area (Å²) in [6.45, 7) is 0. The molecule has 0 aliphatic rings.